The van der Waals surface area contributed by atoms with E-state index in [4.69, 9.17) is 0 Å². The molecule has 1 aliphatic rings. The Morgan fingerprint density at radius 1 is 1.19 bits per heavy atom. The third-order valence-corrected chi connectivity index (χ3v) is 5.25. The molecule has 1 aromatic carbocycles. The summed E-state index contributed by atoms with van der Waals surface area (Å²) in [6.45, 7) is 4.30. The topological polar surface area (TPSA) is 37.0 Å². The Morgan fingerprint density at radius 2 is 2.00 bits per heavy atom. The fraction of sp³-hybridized carbons (Fsp3) is 0.471. The van der Waals surface area contributed by atoms with Gasteiger partial charge in [-0.3, -0.25) is 0 Å². The molecule has 0 amide bonds. The monoisotopic (exact) mass is 301 g/mol. The minimum Gasteiger partial charge on any atom is -0.317 e. The molecule has 2 N–H and O–H groups in total. The van der Waals surface area contributed by atoms with Gasteiger partial charge in [0.15, 0.2) is 0 Å². The Kier molecular flexibility index (Phi) is 5.01. The van der Waals surface area contributed by atoms with Crippen molar-refractivity contribution in [3.05, 3.63) is 52.5 Å². The number of aromatic nitrogens is 1. The lowest BCUT2D eigenvalue weighted by Gasteiger charge is -2.38. The average Bonchev–Trinajstić information content (AvgIpc) is 3.07. The summed E-state index contributed by atoms with van der Waals surface area (Å²) in [7, 11) is 0. The van der Waals surface area contributed by atoms with Gasteiger partial charge in [0.1, 0.15) is 0 Å². The van der Waals surface area contributed by atoms with Crippen molar-refractivity contribution in [2.24, 2.45) is 0 Å². The highest BCUT2D eigenvalue weighted by atomic mass is 32.1. The van der Waals surface area contributed by atoms with E-state index in [9.17, 15) is 0 Å². The quantitative estimate of drug-likeness (QED) is 0.805. The second kappa shape index (κ2) is 7.16. The van der Waals surface area contributed by atoms with Gasteiger partial charge in [0.2, 0.25) is 0 Å². The summed E-state index contributed by atoms with van der Waals surface area (Å²) in [5.41, 5.74) is 1.77. The summed E-state index contributed by atoms with van der Waals surface area (Å²) in [4.78, 5) is 4.34. The molecule has 2 heterocycles. The lowest BCUT2D eigenvalue weighted by Crippen LogP contribution is -2.46. The van der Waals surface area contributed by atoms with Gasteiger partial charge in [0.25, 0.3) is 0 Å². The molecule has 3 rings (SSSR count). The van der Waals surface area contributed by atoms with Gasteiger partial charge in [-0.1, -0.05) is 30.3 Å². The van der Waals surface area contributed by atoms with E-state index in [-0.39, 0.29) is 5.41 Å². The molecule has 1 fully saturated rings. The molecule has 0 aliphatic carbocycles. The molecule has 112 valence electrons. The normalized spacial score (nSPS) is 17.7. The van der Waals surface area contributed by atoms with Gasteiger partial charge in [-0.15, -0.1) is 11.3 Å². The van der Waals surface area contributed by atoms with Gasteiger partial charge < -0.3 is 10.6 Å². The van der Waals surface area contributed by atoms with Gasteiger partial charge in [0.05, 0.1) is 5.01 Å². The predicted molar refractivity (Wildman–Crippen MR) is 88.9 cm³/mol. The number of nitrogens with zero attached hydrogens (tertiary/aromatic N) is 1. The molecule has 0 bridgehead atoms. The summed E-state index contributed by atoms with van der Waals surface area (Å²) < 4.78 is 0. The number of thiazole rings is 1. The Balaban J connectivity index is 1.60. The van der Waals surface area contributed by atoms with E-state index in [2.05, 4.69) is 45.9 Å². The molecule has 4 heteroatoms. The van der Waals surface area contributed by atoms with Crippen LogP contribution in [-0.4, -0.2) is 31.2 Å². The van der Waals surface area contributed by atoms with Gasteiger partial charge in [-0.05, 0) is 31.5 Å². The van der Waals surface area contributed by atoms with Gasteiger partial charge in [-0.25, -0.2) is 4.98 Å². The third-order valence-electron chi connectivity index (χ3n) is 4.41. The molecule has 0 atom stereocenters. The molecule has 21 heavy (non-hydrogen) atoms. The summed E-state index contributed by atoms with van der Waals surface area (Å²) in [6, 6.07) is 11.0. The molecule has 0 saturated carbocycles. The summed E-state index contributed by atoms with van der Waals surface area (Å²) >= 11 is 1.74. The molecule has 2 aromatic rings. The van der Waals surface area contributed by atoms with Crippen LogP contribution in [0.1, 0.15) is 23.4 Å². The second-order valence-corrected chi connectivity index (χ2v) is 6.73. The fourth-order valence-electron chi connectivity index (χ4n) is 3.16. The van der Waals surface area contributed by atoms with E-state index in [1.807, 2.05) is 11.6 Å². The zero-order valence-corrected chi connectivity index (χ0v) is 13.2. The number of nitrogens with one attached hydrogen (secondary N) is 2. The molecule has 1 aliphatic heterocycles. The van der Waals surface area contributed by atoms with Gasteiger partial charge in [0, 0.05) is 36.5 Å². The minimum atomic E-state index is 0.287. The second-order valence-electron chi connectivity index (χ2n) is 5.75. The zero-order valence-electron chi connectivity index (χ0n) is 12.3. The number of hydrogen-bond acceptors (Lipinski definition) is 4. The molecule has 1 saturated heterocycles. The van der Waals surface area contributed by atoms with Crippen LogP contribution in [0.5, 0.6) is 0 Å². The molecular weight excluding hydrogens is 278 g/mol. The van der Waals surface area contributed by atoms with Crippen LogP contribution in [0, 0.1) is 0 Å². The molecule has 0 spiro atoms. The van der Waals surface area contributed by atoms with Crippen LogP contribution in [0.15, 0.2) is 41.9 Å². The first-order valence-corrected chi connectivity index (χ1v) is 8.62. The summed E-state index contributed by atoms with van der Waals surface area (Å²) in [5.74, 6) is 0. The standard InChI is InChI=1S/C17H23N3S/c1-2-4-15(5-3-1)17(7-10-18-11-8-17)14-19-9-6-16-20-12-13-21-16/h1-5,12-13,18-19H,6-11,14H2. The van der Waals surface area contributed by atoms with Crippen molar-refractivity contribution in [2.45, 2.75) is 24.7 Å². The molecular formula is C17H23N3S. The van der Waals surface area contributed by atoms with Crippen LogP contribution in [0.2, 0.25) is 0 Å². The zero-order chi connectivity index (χ0) is 14.4. The van der Waals surface area contributed by atoms with E-state index in [1.54, 1.807) is 11.3 Å². The van der Waals surface area contributed by atoms with Crippen LogP contribution in [0.4, 0.5) is 0 Å². The largest absolute Gasteiger partial charge is 0.317 e. The van der Waals surface area contributed by atoms with Crippen molar-refractivity contribution in [2.75, 3.05) is 26.2 Å². The molecule has 3 nitrogen and oxygen atoms in total. The number of rotatable bonds is 6. The Morgan fingerprint density at radius 3 is 2.71 bits per heavy atom. The Bertz CT molecular complexity index is 518. The van der Waals surface area contributed by atoms with Crippen molar-refractivity contribution in [1.29, 1.82) is 0 Å². The minimum absolute atomic E-state index is 0.287. The Hall–Kier alpha value is -1.23. The first kappa shape index (κ1) is 14.7. The predicted octanol–water partition coefficient (Wildman–Crippen LogP) is 2.60. The summed E-state index contributed by atoms with van der Waals surface area (Å²) in [5, 5.41) is 10.4. The fourth-order valence-corrected chi connectivity index (χ4v) is 3.78. The van der Waals surface area contributed by atoms with Crippen molar-refractivity contribution < 1.29 is 0 Å². The van der Waals surface area contributed by atoms with Crippen molar-refractivity contribution in [3.8, 4) is 0 Å². The summed E-state index contributed by atoms with van der Waals surface area (Å²) in [6.07, 6.45) is 5.33. The number of piperidine rings is 1. The number of hydrogen-bond donors (Lipinski definition) is 2. The third kappa shape index (κ3) is 3.70. The molecule has 1 aromatic heterocycles. The van der Waals surface area contributed by atoms with Gasteiger partial charge in [-0.2, -0.15) is 0 Å². The maximum atomic E-state index is 4.34. The van der Waals surface area contributed by atoms with E-state index in [1.165, 1.54) is 23.4 Å². The Labute approximate surface area is 130 Å². The van der Waals surface area contributed by atoms with E-state index in [0.717, 1.165) is 32.6 Å². The van der Waals surface area contributed by atoms with E-state index >= 15 is 0 Å². The first-order chi connectivity index (χ1) is 10.4. The SMILES string of the molecule is c1ccc(C2(CNCCc3nccs3)CCNCC2)cc1. The van der Waals surface area contributed by atoms with Crippen molar-refractivity contribution in [3.63, 3.8) is 0 Å². The van der Waals surface area contributed by atoms with Crippen LogP contribution in [0.25, 0.3) is 0 Å². The highest BCUT2D eigenvalue weighted by Crippen LogP contribution is 2.32. The number of benzene rings is 1. The van der Waals surface area contributed by atoms with Crippen LogP contribution in [-0.2, 0) is 11.8 Å². The highest BCUT2D eigenvalue weighted by Gasteiger charge is 2.33. The average molecular weight is 301 g/mol. The van der Waals surface area contributed by atoms with Crippen LogP contribution >= 0.6 is 11.3 Å². The smallest absolute Gasteiger partial charge is 0.0937 e. The van der Waals surface area contributed by atoms with Crippen LogP contribution in [0.3, 0.4) is 0 Å². The van der Waals surface area contributed by atoms with E-state index in [0.29, 0.717) is 0 Å². The lowest BCUT2D eigenvalue weighted by molar-refractivity contribution is 0.294. The maximum absolute atomic E-state index is 4.34. The van der Waals surface area contributed by atoms with Crippen molar-refractivity contribution >= 4 is 11.3 Å². The highest BCUT2D eigenvalue weighted by molar-refractivity contribution is 7.09. The van der Waals surface area contributed by atoms with E-state index < -0.39 is 0 Å². The molecule has 0 radical (unpaired) electrons. The molecule has 0 unspecified atom stereocenters. The first-order valence-electron chi connectivity index (χ1n) is 7.74. The lowest BCUT2D eigenvalue weighted by atomic mass is 9.73. The maximum Gasteiger partial charge on any atom is 0.0937 e. The van der Waals surface area contributed by atoms with Gasteiger partial charge >= 0.3 is 0 Å². The van der Waals surface area contributed by atoms with Crippen LogP contribution < -0.4 is 10.6 Å². The van der Waals surface area contributed by atoms with Crippen molar-refractivity contribution in [1.82, 2.24) is 15.6 Å².